The van der Waals surface area contributed by atoms with Crippen molar-refractivity contribution in [2.75, 3.05) is 38.1 Å². The van der Waals surface area contributed by atoms with Gasteiger partial charge >= 0.3 is 0 Å². The highest BCUT2D eigenvalue weighted by Crippen LogP contribution is 2.31. The molecule has 2 aromatic carbocycles. The molecule has 154 valence electrons. The first-order chi connectivity index (χ1) is 14.7. The summed E-state index contributed by atoms with van der Waals surface area (Å²) in [6.45, 7) is 4.22. The molecular weight excluding hydrogens is 398 g/mol. The topological polar surface area (TPSA) is 61.2 Å². The number of aromatic amines is 1. The molecule has 0 unspecified atom stereocenters. The van der Waals surface area contributed by atoms with E-state index in [1.807, 2.05) is 24.3 Å². The van der Waals surface area contributed by atoms with Crippen LogP contribution in [0.15, 0.2) is 53.1 Å². The molecule has 4 aromatic rings. The van der Waals surface area contributed by atoms with Gasteiger partial charge in [0.05, 0.1) is 0 Å². The summed E-state index contributed by atoms with van der Waals surface area (Å²) in [6, 6.07) is 16.4. The van der Waals surface area contributed by atoms with Crippen LogP contribution in [-0.2, 0) is 12.8 Å². The van der Waals surface area contributed by atoms with E-state index in [2.05, 4.69) is 56.2 Å². The molecule has 0 atom stereocenters. The molecule has 0 spiro atoms. The second kappa shape index (κ2) is 8.13. The number of benzene rings is 2. The van der Waals surface area contributed by atoms with Gasteiger partial charge in [0, 0.05) is 54.2 Å². The Morgan fingerprint density at radius 3 is 2.63 bits per heavy atom. The average Bonchev–Trinajstić information content (AvgIpc) is 3.41. The molecule has 0 aliphatic carbocycles. The van der Waals surface area contributed by atoms with Crippen molar-refractivity contribution in [2.24, 2.45) is 0 Å². The van der Waals surface area contributed by atoms with Gasteiger partial charge in [0.1, 0.15) is 5.69 Å². The number of aromatic nitrogens is 3. The Morgan fingerprint density at radius 2 is 1.83 bits per heavy atom. The van der Waals surface area contributed by atoms with Crippen molar-refractivity contribution in [3.05, 3.63) is 64.9 Å². The minimum absolute atomic E-state index is 0.529. The maximum absolute atomic E-state index is 5.95. The summed E-state index contributed by atoms with van der Waals surface area (Å²) < 4.78 is 5.55. The summed E-state index contributed by atoms with van der Waals surface area (Å²) in [5.41, 5.74) is 4.40. The fourth-order valence-corrected chi connectivity index (χ4v) is 4.08. The predicted molar refractivity (Wildman–Crippen MR) is 120 cm³/mol. The second-order valence-electron chi connectivity index (χ2n) is 7.85. The molecule has 5 rings (SSSR count). The molecule has 0 amide bonds. The van der Waals surface area contributed by atoms with Gasteiger partial charge in [0.25, 0.3) is 5.89 Å². The molecule has 1 fully saturated rings. The third kappa shape index (κ3) is 3.93. The monoisotopic (exact) mass is 421 g/mol. The van der Waals surface area contributed by atoms with E-state index in [0.29, 0.717) is 11.7 Å². The first kappa shape index (κ1) is 19.2. The van der Waals surface area contributed by atoms with Crippen LogP contribution in [0.4, 0.5) is 5.69 Å². The molecule has 2 aromatic heterocycles. The largest absolute Gasteiger partial charge is 0.368 e. The van der Waals surface area contributed by atoms with Gasteiger partial charge in [-0.1, -0.05) is 35.0 Å². The van der Waals surface area contributed by atoms with E-state index >= 15 is 0 Å². The summed E-state index contributed by atoms with van der Waals surface area (Å²) in [4.78, 5) is 12.9. The highest BCUT2D eigenvalue weighted by Gasteiger charge is 2.19. The van der Waals surface area contributed by atoms with Crippen molar-refractivity contribution in [2.45, 2.75) is 12.8 Å². The molecule has 1 saturated heterocycles. The smallest absolute Gasteiger partial charge is 0.274 e. The predicted octanol–water partition coefficient (Wildman–Crippen LogP) is 4.41. The van der Waals surface area contributed by atoms with Crippen LogP contribution in [0.3, 0.4) is 0 Å². The van der Waals surface area contributed by atoms with Crippen molar-refractivity contribution in [3.63, 3.8) is 0 Å². The maximum Gasteiger partial charge on any atom is 0.274 e. The summed E-state index contributed by atoms with van der Waals surface area (Å²) >= 11 is 5.95. The number of rotatable bonds is 5. The van der Waals surface area contributed by atoms with Crippen LogP contribution < -0.4 is 4.90 Å². The van der Waals surface area contributed by atoms with E-state index in [9.17, 15) is 0 Å². The molecule has 0 radical (unpaired) electrons. The van der Waals surface area contributed by atoms with Gasteiger partial charge in [-0.05, 0) is 49.4 Å². The summed E-state index contributed by atoms with van der Waals surface area (Å²) in [5, 5.41) is 6.11. The third-order valence-corrected chi connectivity index (χ3v) is 5.99. The molecule has 30 heavy (non-hydrogen) atoms. The van der Waals surface area contributed by atoms with E-state index in [1.54, 1.807) is 0 Å². The standard InChI is InChI=1S/C23H24ClN5O/c1-28-11-13-29(14-12-28)21-4-2-3-19-18(21)15-20(25-19)23-26-22(27-30-23)10-7-16-5-8-17(24)9-6-16/h2-6,8-9,15,25H,7,10-14H2,1H3. The Morgan fingerprint density at radius 1 is 1.03 bits per heavy atom. The Balaban J connectivity index is 1.35. The number of H-pyrrole nitrogens is 1. The number of likely N-dealkylation sites (N-methyl/N-ethyl adjacent to an activating group) is 1. The fraction of sp³-hybridized carbons (Fsp3) is 0.304. The van der Waals surface area contributed by atoms with Crippen LogP contribution in [0.25, 0.3) is 22.5 Å². The zero-order valence-corrected chi connectivity index (χ0v) is 17.7. The molecule has 3 heterocycles. The van der Waals surface area contributed by atoms with E-state index in [-0.39, 0.29) is 0 Å². The SMILES string of the molecule is CN1CCN(c2cccc3[nH]c(-c4nc(CCc5ccc(Cl)cc5)no4)cc23)CC1. The van der Waals surface area contributed by atoms with E-state index in [4.69, 9.17) is 16.1 Å². The van der Waals surface area contributed by atoms with Crippen LogP contribution in [0.1, 0.15) is 11.4 Å². The van der Waals surface area contributed by atoms with Crippen molar-refractivity contribution in [1.29, 1.82) is 0 Å². The zero-order valence-electron chi connectivity index (χ0n) is 16.9. The highest BCUT2D eigenvalue weighted by molar-refractivity contribution is 6.30. The molecule has 1 N–H and O–H groups in total. The number of halogens is 1. The first-order valence-electron chi connectivity index (χ1n) is 10.3. The maximum atomic E-state index is 5.95. The summed E-state index contributed by atoms with van der Waals surface area (Å²) in [7, 11) is 2.17. The van der Waals surface area contributed by atoms with Gasteiger partial charge in [0.15, 0.2) is 5.82 Å². The van der Waals surface area contributed by atoms with Gasteiger partial charge in [-0.2, -0.15) is 4.98 Å². The molecule has 7 heteroatoms. The van der Waals surface area contributed by atoms with Crippen molar-refractivity contribution in [1.82, 2.24) is 20.0 Å². The number of nitrogens with one attached hydrogen (secondary N) is 1. The van der Waals surface area contributed by atoms with E-state index < -0.39 is 0 Å². The van der Waals surface area contributed by atoms with Crippen LogP contribution in [0.5, 0.6) is 0 Å². The lowest BCUT2D eigenvalue weighted by Gasteiger charge is -2.34. The lowest BCUT2D eigenvalue weighted by atomic mass is 10.1. The Labute approximate surface area is 180 Å². The first-order valence-corrected chi connectivity index (χ1v) is 10.7. The number of nitrogens with zero attached hydrogens (tertiary/aromatic N) is 4. The number of hydrogen-bond acceptors (Lipinski definition) is 5. The minimum Gasteiger partial charge on any atom is -0.368 e. The molecule has 1 aliphatic heterocycles. The molecular formula is C23H24ClN5O. The van der Waals surface area contributed by atoms with Crippen molar-refractivity contribution >= 4 is 28.2 Å². The van der Waals surface area contributed by atoms with Gasteiger partial charge < -0.3 is 19.3 Å². The molecule has 6 nitrogen and oxygen atoms in total. The summed E-state index contributed by atoms with van der Waals surface area (Å²) in [6.07, 6.45) is 1.56. The number of anilines is 1. The van der Waals surface area contributed by atoms with Crippen LogP contribution in [0, 0.1) is 0 Å². The highest BCUT2D eigenvalue weighted by atomic mass is 35.5. The Bertz CT molecular complexity index is 1140. The number of fused-ring (bicyclic) bond motifs is 1. The van der Waals surface area contributed by atoms with Crippen molar-refractivity contribution < 1.29 is 4.52 Å². The summed E-state index contributed by atoms with van der Waals surface area (Å²) in [5.74, 6) is 1.24. The molecule has 0 saturated carbocycles. The Kier molecular flexibility index (Phi) is 5.19. The third-order valence-electron chi connectivity index (χ3n) is 5.73. The zero-order chi connectivity index (χ0) is 20.5. The van der Waals surface area contributed by atoms with Gasteiger partial charge in [-0.3, -0.25) is 0 Å². The quantitative estimate of drug-likeness (QED) is 0.517. The van der Waals surface area contributed by atoms with Gasteiger partial charge in [0.2, 0.25) is 0 Å². The lowest BCUT2D eigenvalue weighted by Crippen LogP contribution is -2.44. The van der Waals surface area contributed by atoms with Gasteiger partial charge in [-0.25, -0.2) is 0 Å². The van der Waals surface area contributed by atoms with E-state index in [0.717, 1.165) is 55.3 Å². The van der Waals surface area contributed by atoms with E-state index in [1.165, 1.54) is 16.6 Å². The second-order valence-corrected chi connectivity index (χ2v) is 8.29. The average molecular weight is 422 g/mol. The van der Waals surface area contributed by atoms with Crippen LogP contribution >= 0.6 is 11.6 Å². The number of hydrogen-bond donors (Lipinski definition) is 1. The van der Waals surface area contributed by atoms with Gasteiger partial charge in [-0.15, -0.1) is 0 Å². The van der Waals surface area contributed by atoms with Crippen LogP contribution in [-0.4, -0.2) is 53.3 Å². The number of aryl methyl sites for hydroxylation is 2. The molecule has 0 bridgehead atoms. The van der Waals surface area contributed by atoms with Crippen molar-refractivity contribution in [3.8, 4) is 11.6 Å². The normalized spacial score (nSPS) is 15.2. The number of piperazine rings is 1. The molecule has 1 aliphatic rings. The lowest BCUT2D eigenvalue weighted by molar-refractivity contribution is 0.313. The van der Waals surface area contributed by atoms with Crippen LogP contribution in [0.2, 0.25) is 5.02 Å². The Hall–Kier alpha value is -2.83. The fourth-order valence-electron chi connectivity index (χ4n) is 3.95. The minimum atomic E-state index is 0.529.